The zero-order valence-electron chi connectivity index (χ0n) is 18.9. The summed E-state index contributed by atoms with van der Waals surface area (Å²) in [6.07, 6.45) is 19.8. The van der Waals surface area contributed by atoms with Gasteiger partial charge in [0.25, 0.3) is 0 Å². The molecule has 0 amide bonds. The smallest absolute Gasteiger partial charge is 0.192 e. The molecule has 0 aromatic heterocycles. The molecule has 0 radical (unpaired) electrons. The van der Waals surface area contributed by atoms with Crippen LogP contribution in [0.4, 0.5) is 0 Å². The summed E-state index contributed by atoms with van der Waals surface area (Å²) in [5.74, 6) is 0. The molecule has 0 fully saturated rings. The van der Waals surface area contributed by atoms with Gasteiger partial charge in [0.05, 0.1) is 0 Å². The summed E-state index contributed by atoms with van der Waals surface area (Å²) in [5, 5.41) is 0.327. The third kappa shape index (κ3) is 13.1. The van der Waals surface area contributed by atoms with E-state index in [1.165, 1.54) is 89.9 Å². The summed E-state index contributed by atoms with van der Waals surface area (Å²) in [7, 11) is -1.63. The molecule has 0 aliphatic rings. The average Bonchev–Trinajstić information content (AvgIpc) is 2.52. The van der Waals surface area contributed by atoms with Crippen LogP contribution in [0.2, 0.25) is 18.1 Å². The zero-order chi connectivity index (χ0) is 19.2. The minimum atomic E-state index is -1.63. The van der Waals surface area contributed by atoms with Gasteiger partial charge in [-0.05, 0) is 31.0 Å². The highest BCUT2D eigenvalue weighted by Crippen LogP contribution is 2.38. The maximum Gasteiger partial charge on any atom is 0.192 e. The second-order valence-corrected chi connectivity index (χ2v) is 14.4. The van der Waals surface area contributed by atoms with Gasteiger partial charge in [0.2, 0.25) is 0 Å². The Balaban J connectivity index is 4.26. The lowest BCUT2D eigenvalue weighted by Crippen LogP contribution is -2.44. The Bertz CT molecular complexity index is 277. The quantitative estimate of drug-likeness (QED) is 0.195. The molecule has 0 bridgehead atoms. The molecule has 0 aliphatic carbocycles. The molecule has 25 heavy (non-hydrogen) atoms. The van der Waals surface area contributed by atoms with Gasteiger partial charge in [0.1, 0.15) is 0 Å². The molecular formula is C23H50OSi. The fourth-order valence-corrected chi connectivity index (χ4v) is 4.58. The highest BCUT2D eigenvalue weighted by atomic mass is 28.4. The van der Waals surface area contributed by atoms with Crippen molar-refractivity contribution in [1.29, 1.82) is 0 Å². The second-order valence-electron chi connectivity index (χ2n) is 9.61. The predicted molar refractivity (Wildman–Crippen MR) is 118 cm³/mol. The molecule has 2 heteroatoms. The zero-order valence-corrected chi connectivity index (χ0v) is 19.9. The van der Waals surface area contributed by atoms with E-state index in [-0.39, 0.29) is 0 Å². The van der Waals surface area contributed by atoms with Gasteiger partial charge >= 0.3 is 0 Å². The van der Waals surface area contributed by atoms with Gasteiger partial charge in [0, 0.05) is 6.10 Å². The van der Waals surface area contributed by atoms with Crippen LogP contribution in [0.1, 0.15) is 125 Å². The van der Waals surface area contributed by atoms with E-state index < -0.39 is 8.32 Å². The van der Waals surface area contributed by atoms with Gasteiger partial charge in [-0.1, -0.05) is 112 Å². The van der Waals surface area contributed by atoms with Gasteiger partial charge in [-0.25, -0.2) is 0 Å². The van der Waals surface area contributed by atoms with Crippen LogP contribution in [0.3, 0.4) is 0 Å². The fourth-order valence-electron chi connectivity index (χ4n) is 3.16. The summed E-state index contributed by atoms with van der Waals surface area (Å²) in [6, 6.07) is 0. The molecule has 0 aromatic carbocycles. The third-order valence-electron chi connectivity index (χ3n) is 6.03. The van der Waals surface area contributed by atoms with E-state index in [0.717, 1.165) is 0 Å². The van der Waals surface area contributed by atoms with Crippen LogP contribution in [0.5, 0.6) is 0 Å². The van der Waals surface area contributed by atoms with Gasteiger partial charge in [-0.15, -0.1) is 0 Å². The normalized spacial score (nSPS) is 13.0. The lowest BCUT2D eigenvalue weighted by Gasteiger charge is -2.39. The van der Waals surface area contributed by atoms with Gasteiger partial charge in [-0.3, -0.25) is 0 Å². The molecule has 0 spiro atoms. The van der Waals surface area contributed by atoms with E-state index >= 15 is 0 Å². The average molecular weight is 371 g/mol. The Morgan fingerprint density at radius 1 is 0.640 bits per heavy atom. The summed E-state index contributed by atoms with van der Waals surface area (Å²) in [4.78, 5) is 0. The monoisotopic (exact) mass is 370 g/mol. The number of rotatable bonds is 16. The van der Waals surface area contributed by atoms with Crippen LogP contribution in [0.25, 0.3) is 0 Å². The van der Waals surface area contributed by atoms with E-state index in [2.05, 4.69) is 47.7 Å². The van der Waals surface area contributed by atoms with E-state index in [9.17, 15) is 0 Å². The van der Waals surface area contributed by atoms with Crippen molar-refractivity contribution >= 4 is 8.32 Å². The SMILES string of the molecule is CCCCCCCCC(CCCCCCCC)O[Si](C)(C)C(C)(C)C. The molecule has 0 aromatic rings. The molecule has 152 valence electrons. The Kier molecular flexibility index (Phi) is 14.4. The largest absolute Gasteiger partial charge is 0.414 e. The second kappa shape index (κ2) is 14.3. The van der Waals surface area contributed by atoms with Crippen molar-refractivity contribution in [2.75, 3.05) is 0 Å². The van der Waals surface area contributed by atoms with Crippen molar-refractivity contribution in [3.8, 4) is 0 Å². The molecule has 0 unspecified atom stereocenters. The van der Waals surface area contributed by atoms with Crippen molar-refractivity contribution in [1.82, 2.24) is 0 Å². The molecule has 0 atom stereocenters. The van der Waals surface area contributed by atoms with Crippen molar-refractivity contribution in [3.05, 3.63) is 0 Å². The minimum Gasteiger partial charge on any atom is -0.414 e. The first kappa shape index (κ1) is 25.2. The Morgan fingerprint density at radius 3 is 1.36 bits per heavy atom. The van der Waals surface area contributed by atoms with Crippen LogP contribution >= 0.6 is 0 Å². The van der Waals surface area contributed by atoms with Crippen molar-refractivity contribution in [2.45, 2.75) is 149 Å². The van der Waals surface area contributed by atoms with Crippen LogP contribution < -0.4 is 0 Å². The Labute approximate surface area is 161 Å². The third-order valence-corrected chi connectivity index (χ3v) is 10.6. The Morgan fingerprint density at radius 2 is 1.00 bits per heavy atom. The highest BCUT2D eigenvalue weighted by Gasteiger charge is 2.38. The topological polar surface area (TPSA) is 9.23 Å². The van der Waals surface area contributed by atoms with Gasteiger partial charge in [-0.2, -0.15) is 0 Å². The first-order chi connectivity index (χ1) is 11.7. The summed E-state index contributed by atoms with van der Waals surface area (Å²) in [5.41, 5.74) is 0. The predicted octanol–water partition coefficient (Wildman–Crippen LogP) is 8.88. The summed E-state index contributed by atoms with van der Waals surface area (Å²) in [6.45, 7) is 16.5. The molecule has 0 saturated heterocycles. The fraction of sp³-hybridized carbons (Fsp3) is 1.00. The van der Waals surface area contributed by atoms with Crippen molar-refractivity contribution in [3.63, 3.8) is 0 Å². The molecular weight excluding hydrogens is 320 g/mol. The molecule has 0 heterocycles. The lowest BCUT2D eigenvalue weighted by atomic mass is 10.0. The molecule has 0 rings (SSSR count). The maximum absolute atomic E-state index is 6.80. The van der Waals surface area contributed by atoms with Crippen LogP contribution in [0, 0.1) is 0 Å². The summed E-state index contributed by atoms with van der Waals surface area (Å²) >= 11 is 0. The minimum absolute atomic E-state index is 0.327. The standard InChI is InChI=1S/C23H50OSi/c1-8-10-12-14-16-18-20-22(21-19-17-15-13-11-9-2)24-25(6,7)23(3,4)5/h22H,8-21H2,1-7H3. The van der Waals surface area contributed by atoms with E-state index in [0.29, 0.717) is 11.1 Å². The van der Waals surface area contributed by atoms with Crippen LogP contribution in [-0.4, -0.2) is 14.4 Å². The van der Waals surface area contributed by atoms with Gasteiger partial charge in [0.15, 0.2) is 8.32 Å². The number of hydrogen-bond donors (Lipinski definition) is 0. The first-order valence-corrected chi connectivity index (χ1v) is 14.3. The number of hydrogen-bond acceptors (Lipinski definition) is 1. The molecule has 0 N–H and O–H groups in total. The summed E-state index contributed by atoms with van der Waals surface area (Å²) < 4.78 is 6.80. The molecule has 1 nitrogen and oxygen atoms in total. The van der Waals surface area contributed by atoms with Crippen molar-refractivity contribution < 1.29 is 4.43 Å². The first-order valence-electron chi connectivity index (χ1n) is 11.4. The van der Waals surface area contributed by atoms with Crippen LogP contribution in [-0.2, 0) is 4.43 Å². The maximum atomic E-state index is 6.80. The highest BCUT2D eigenvalue weighted by molar-refractivity contribution is 6.74. The van der Waals surface area contributed by atoms with Gasteiger partial charge < -0.3 is 4.43 Å². The van der Waals surface area contributed by atoms with Crippen molar-refractivity contribution in [2.24, 2.45) is 0 Å². The molecule has 0 aliphatic heterocycles. The molecule has 0 saturated carbocycles. The lowest BCUT2D eigenvalue weighted by molar-refractivity contribution is 0.154. The van der Waals surface area contributed by atoms with E-state index in [4.69, 9.17) is 4.43 Å². The van der Waals surface area contributed by atoms with E-state index in [1.54, 1.807) is 0 Å². The van der Waals surface area contributed by atoms with E-state index in [1.807, 2.05) is 0 Å². The number of unbranched alkanes of at least 4 members (excludes halogenated alkanes) is 10. The Hall–Kier alpha value is 0.177. The van der Waals surface area contributed by atoms with Crippen LogP contribution in [0.15, 0.2) is 0 Å².